The summed E-state index contributed by atoms with van der Waals surface area (Å²) in [5.41, 5.74) is 4.78. The molecule has 6 rings (SSSR count). The van der Waals surface area contributed by atoms with E-state index >= 15 is 0 Å². The number of amides is 2. The lowest BCUT2D eigenvalue weighted by molar-refractivity contribution is -0.140. The first-order valence-corrected chi connectivity index (χ1v) is 16.6. The largest absolute Gasteiger partial charge is 0.507 e. The minimum atomic E-state index is -0.964. The van der Waals surface area contributed by atoms with Crippen molar-refractivity contribution in [1.29, 1.82) is 0 Å². The summed E-state index contributed by atoms with van der Waals surface area (Å²) in [4.78, 5) is 29.9. The number of nitrogens with zero attached hydrogens (tertiary/aromatic N) is 1. The fourth-order valence-corrected chi connectivity index (χ4v) is 8.33. The number of benzene rings is 2. The Morgan fingerprint density at radius 1 is 1.02 bits per heavy atom. The van der Waals surface area contributed by atoms with Gasteiger partial charge in [0.1, 0.15) is 5.75 Å². The highest BCUT2D eigenvalue weighted by Gasteiger charge is 2.57. The highest BCUT2D eigenvalue weighted by Crippen LogP contribution is 2.51. The van der Waals surface area contributed by atoms with E-state index in [1.54, 1.807) is 17.4 Å². The molecule has 3 aromatic rings. The van der Waals surface area contributed by atoms with E-state index in [0.717, 1.165) is 53.3 Å². The number of carbonyl (C=O) groups is 2. The van der Waals surface area contributed by atoms with Crippen LogP contribution in [0.25, 0.3) is 16.8 Å². The van der Waals surface area contributed by atoms with Crippen molar-refractivity contribution in [1.82, 2.24) is 4.90 Å². The first-order chi connectivity index (χ1) is 20.9. The van der Waals surface area contributed by atoms with Crippen molar-refractivity contribution in [2.75, 3.05) is 0 Å². The van der Waals surface area contributed by atoms with E-state index in [-0.39, 0.29) is 35.5 Å². The molecule has 43 heavy (non-hydrogen) atoms. The molecule has 2 aliphatic heterocycles. The Hall–Kier alpha value is -3.20. The van der Waals surface area contributed by atoms with Gasteiger partial charge in [-0.05, 0) is 78.4 Å². The van der Waals surface area contributed by atoms with Gasteiger partial charge in [-0.15, -0.1) is 11.3 Å². The molecule has 6 nitrogen and oxygen atoms in total. The summed E-state index contributed by atoms with van der Waals surface area (Å²) < 4.78 is 6.25. The average Bonchev–Trinajstić information content (AvgIpc) is 3.60. The lowest BCUT2D eigenvalue weighted by Gasteiger charge is -2.43. The number of hydrogen-bond donors (Lipinski definition) is 2. The molecular weight excluding hydrogens is 557 g/mol. The van der Waals surface area contributed by atoms with Crippen LogP contribution in [0, 0.1) is 17.8 Å². The van der Waals surface area contributed by atoms with Crippen LogP contribution in [0.5, 0.6) is 5.75 Å². The second-order valence-corrected chi connectivity index (χ2v) is 13.3. The van der Waals surface area contributed by atoms with E-state index in [1.807, 2.05) is 47.8 Å². The van der Waals surface area contributed by atoms with E-state index in [9.17, 15) is 19.7 Å². The molecule has 2 saturated heterocycles. The summed E-state index contributed by atoms with van der Waals surface area (Å²) in [5.74, 6) is -0.855. The van der Waals surface area contributed by atoms with Crippen molar-refractivity contribution < 1.29 is 24.4 Å². The van der Waals surface area contributed by atoms with E-state index in [4.69, 9.17) is 4.65 Å². The molecule has 1 aliphatic carbocycles. The van der Waals surface area contributed by atoms with Crippen molar-refractivity contribution in [3.05, 3.63) is 81.1 Å². The highest BCUT2D eigenvalue weighted by atomic mass is 32.1. The Labute approximate surface area is 258 Å². The molecule has 2 N–H and O–H groups in total. The van der Waals surface area contributed by atoms with Crippen LogP contribution in [-0.4, -0.2) is 40.1 Å². The standard InChI is InChI=1S/C35H40BNO5S/c1-3-8-22(18-23-14-15-30(38)27-12-6-5-11-26(23)27)13-16-31-32-24(9-4-2)19-28-33(29(32)20-36(41)42-31)35(40)37(34(28)39)21-25-10-7-17-43-25/h5-7,10-12,14-15,17-18,28-29,31,33,38,41H,3-4,8-9,13,16,19-21H2,1-2H3/b22-18+/t28-,29+,31-,33-/m1/s1. The summed E-state index contributed by atoms with van der Waals surface area (Å²) >= 11 is 1.56. The van der Waals surface area contributed by atoms with Crippen molar-refractivity contribution in [3.63, 3.8) is 0 Å². The number of imide groups is 1. The molecule has 4 atom stereocenters. The lowest BCUT2D eigenvalue weighted by Crippen LogP contribution is -2.46. The maximum Gasteiger partial charge on any atom is 0.455 e. The van der Waals surface area contributed by atoms with Crippen LogP contribution in [0.1, 0.15) is 69.2 Å². The van der Waals surface area contributed by atoms with Crippen LogP contribution in [-0.2, 0) is 20.8 Å². The molecule has 2 amide bonds. The Morgan fingerprint density at radius 2 is 1.84 bits per heavy atom. The lowest BCUT2D eigenvalue weighted by atomic mass is 9.58. The molecule has 0 saturated carbocycles. The van der Waals surface area contributed by atoms with E-state index in [1.165, 1.54) is 21.6 Å². The van der Waals surface area contributed by atoms with Gasteiger partial charge in [-0.25, -0.2) is 0 Å². The second kappa shape index (κ2) is 12.8. The van der Waals surface area contributed by atoms with Crippen molar-refractivity contribution in [2.45, 2.75) is 77.8 Å². The molecule has 8 heteroatoms. The Balaban J connectivity index is 1.28. The van der Waals surface area contributed by atoms with Crippen molar-refractivity contribution in [3.8, 4) is 5.75 Å². The quantitative estimate of drug-likeness (QED) is 0.145. The van der Waals surface area contributed by atoms with Crippen LogP contribution in [0.15, 0.2) is 70.6 Å². The van der Waals surface area contributed by atoms with Crippen LogP contribution in [0.3, 0.4) is 0 Å². The van der Waals surface area contributed by atoms with Gasteiger partial charge in [0.15, 0.2) is 0 Å². The van der Waals surface area contributed by atoms with Gasteiger partial charge in [-0.3, -0.25) is 14.5 Å². The number of rotatable bonds is 10. The summed E-state index contributed by atoms with van der Waals surface area (Å²) in [6.07, 6.45) is 8.16. The Morgan fingerprint density at radius 3 is 2.58 bits per heavy atom. The minimum Gasteiger partial charge on any atom is -0.507 e. The zero-order valence-electron chi connectivity index (χ0n) is 25.0. The van der Waals surface area contributed by atoms with Gasteiger partial charge in [-0.1, -0.05) is 80.3 Å². The molecule has 2 fully saturated rings. The highest BCUT2D eigenvalue weighted by molar-refractivity contribution is 7.09. The number of aromatic hydroxyl groups is 1. The number of thiophene rings is 1. The number of fused-ring (bicyclic) bond motifs is 4. The minimum absolute atomic E-state index is 0.0668. The number of hydrogen-bond acceptors (Lipinski definition) is 6. The van der Waals surface area contributed by atoms with Crippen molar-refractivity contribution in [2.24, 2.45) is 17.8 Å². The maximum atomic E-state index is 13.8. The first-order valence-electron chi connectivity index (χ1n) is 15.7. The van der Waals surface area contributed by atoms with Crippen LogP contribution in [0.2, 0.25) is 6.32 Å². The number of phenolic OH excluding ortho intramolecular Hbond substituents is 1. The smallest absolute Gasteiger partial charge is 0.455 e. The Kier molecular flexibility index (Phi) is 8.89. The van der Waals surface area contributed by atoms with Gasteiger partial charge in [-0.2, -0.15) is 0 Å². The van der Waals surface area contributed by atoms with Crippen LogP contribution >= 0.6 is 11.3 Å². The number of allylic oxidation sites excluding steroid dienone is 2. The van der Waals surface area contributed by atoms with E-state index < -0.39 is 13.0 Å². The summed E-state index contributed by atoms with van der Waals surface area (Å²) in [6.45, 7) is 4.65. The third kappa shape index (κ3) is 5.85. The van der Waals surface area contributed by atoms with Crippen LogP contribution in [0.4, 0.5) is 0 Å². The Bertz CT molecular complexity index is 1560. The van der Waals surface area contributed by atoms with E-state index in [0.29, 0.717) is 25.7 Å². The number of phenols is 1. The fraction of sp³-hybridized carbons (Fsp3) is 0.429. The molecule has 0 radical (unpaired) electrons. The third-order valence-electron chi connectivity index (χ3n) is 9.44. The predicted octanol–water partition coefficient (Wildman–Crippen LogP) is 7.37. The molecule has 3 heterocycles. The molecule has 3 aliphatic rings. The van der Waals surface area contributed by atoms with Gasteiger partial charge in [0.25, 0.3) is 0 Å². The molecule has 0 unspecified atom stereocenters. The summed E-state index contributed by atoms with van der Waals surface area (Å²) in [5, 5.41) is 25.1. The topological polar surface area (TPSA) is 87.1 Å². The second-order valence-electron chi connectivity index (χ2n) is 12.2. The summed E-state index contributed by atoms with van der Waals surface area (Å²) in [7, 11) is -0.964. The first kappa shape index (κ1) is 29.9. The van der Waals surface area contributed by atoms with Gasteiger partial charge in [0, 0.05) is 10.3 Å². The monoisotopic (exact) mass is 597 g/mol. The normalized spacial score (nSPS) is 24.2. The molecule has 0 spiro atoms. The van der Waals surface area contributed by atoms with E-state index in [2.05, 4.69) is 19.9 Å². The van der Waals surface area contributed by atoms with Gasteiger partial charge in [0.05, 0.1) is 24.5 Å². The van der Waals surface area contributed by atoms with Gasteiger partial charge < -0.3 is 14.8 Å². The fourth-order valence-electron chi connectivity index (χ4n) is 7.64. The average molecular weight is 598 g/mol. The molecule has 1 aromatic heterocycles. The summed E-state index contributed by atoms with van der Waals surface area (Å²) in [6, 6.07) is 15.5. The van der Waals surface area contributed by atoms with Gasteiger partial charge >= 0.3 is 7.12 Å². The zero-order chi connectivity index (χ0) is 30.1. The number of likely N-dealkylation sites (tertiary alicyclic amines) is 1. The molecule has 0 bridgehead atoms. The maximum absolute atomic E-state index is 13.8. The molecule has 2 aromatic carbocycles. The SMILES string of the molecule is CCCC1=C2[C@@H](CC/C(=C/c3ccc(O)c4ccccc34)CCC)OB(O)C[C@@H]2[C@@H]2C(=O)N(Cc3cccs3)C(=O)[C@@H]2C1. The third-order valence-corrected chi connectivity index (χ3v) is 10.3. The van der Waals surface area contributed by atoms with Crippen molar-refractivity contribution >= 4 is 47.1 Å². The predicted molar refractivity (Wildman–Crippen MR) is 172 cm³/mol. The number of carbonyl (C=O) groups excluding carboxylic acids is 2. The molecular formula is C35H40BNO5S. The van der Waals surface area contributed by atoms with Gasteiger partial charge in [0.2, 0.25) is 11.8 Å². The van der Waals surface area contributed by atoms with Crippen LogP contribution < -0.4 is 0 Å². The molecule has 224 valence electrons. The zero-order valence-corrected chi connectivity index (χ0v) is 25.8.